The van der Waals surface area contributed by atoms with Crippen LogP contribution in [0.4, 0.5) is 23.4 Å². The van der Waals surface area contributed by atoms with Crippen LogP contribution in [0.2, 0.25) is 0 Å². The monoisotopic (exact) mass is 585 g/mol. The van der Waals surface area contributed by atoms with E-state index in [9.17, 15) is 22.4 Å². The third-order valence-corrected chi connectivity index (χ3v) is 8.19. The Morgan fingerprint density at radius 1 is 1.30 bits per heavy atom. The number of fused-ring (bicyclic) bond motifs is 1. The molecule has 8 nitrogen and oxygen atoms in total. The number of piperidine rings is 1. The molecular weight excluding hydrogens is 557 g/mol. The predicted octanol–water partition coefficient (Wildman–Crippen LogP) is 0.972. The van der Waals surface area contributed by atoms with E-state index in [4.69, 9.17) is 0 Å². The van der Waals surface area contributed by atoms with Gasteiger partial charge in [0, 0.05) is 0 Å². The zero-order valence-electron chi connectivity index (χ0n) is 20.1. The number of carbonyl (C=O) groups is 1. The number of amides is 1. The molecule has 1 aliphatic carbocycles. The number of nitrogens with zero attached hydrogens (tertiary/aromatic N) is 4. The van der Waals surface area contributed by atoms with Gasteiger partial charge in [-0.2, -0.15) is 0 Å². The Kier molecular flexibility index (Phi) is 7.36. The number of nitrogens with one attached hydrogen (secondary N) is 3. The molecule has 37 heavy (non-hydrogen) atoms. The molecule has 1 amide bonds. The van der Waals surface area contributed by atoms with E-state index < -0.39 is 32.2 Å². The standard InChI is InChI=1S/C24H27F4N7OSe/c1-33-11-9-18(17(25)14-33)31-21-6-2-5-20-22(37-24(26,27)28)19(32-35(20)21)4-3-10-29-23(36)15-12-30-34(13-15)16-7-8-16/h2,5-6,13,16-18,30-31H,7-12,14H2,1H3,(H,29,36). The summed E-state index contributed by atoms with van der Waals surface area (Å²) in [5, 5.41) is 7.71. The van der Waals surface area contributed by atoms with E-state index in [1.165, 1.54) is 4.52 Å². The van der Waals surface area contributed by atoms with Crippen molar-refractivity contribution in [1.29, 1.82) is 0 Å². The Morgan fingerprint density at radius 3 is 2.84 bits per heavy atom. The van der Waals surface area contributed by atoms with Gasteiger partial charge in [0.25, 0.3) is 0 Å². The van der Waals surface area contributed by atoms with E-state index >= 15 is 0 Å². The topological polar surface area (TPSA) is 76.9 Å². The van der Waals surface area contributed by atoms with Gasteiger partial charge in [-0.05, 0) is 0 Å². The summed E-state index contributed by atoms with van der Waals surface area (Å²) < 4.78 is 56.3. The summed E-state index contributed by atoms with van der Waals surface area (Å²) in [7, 11) is 1.85. The van der Waals surface area contributed by atoms with Crippen molar-refractivity contribution >= 4 is 36.7 Å². The number of pyridine rings is 1. The molecule has 2 unspecified atom stereocenters. The molecule has 3 N–H and O–H groups in total. The number of halogens is 4. The molecule has 2 aromatic heterocycles. The number of likely N-dealkylation sites (tertiary alicyclic amines) is 1. The van der Waals surface area contributed by atoms with Crippen LogP contribution in [0.5, 0.6) is 0 Å². The first-order chi connectivity index (χ1) is 17.7. The molecule has 1 saturated heterocycles. The molecule has 0 aromatic carbocycles. The summed E-state index contributed by atoms with van der Waals surface area (Å²) in [5.74, 6) is 5.60. The van der Waals surface area contributed by atoms with Crippen LogP contribution in [-0.4, -0.2) is 96.9 Å². The molecular formula is C24H27F4N7OSe. The van der Waals surface area contributed by atoms with Crippen LogP contribution in [0.3, 0.4) is 0 Å². The van der Waals surface area contributed by atoms with Crippen molar-refractivity contribution in [3.05, 3.63) is 35.7 Å². The fourth-order valence-electron chi connectivity index (χ4n) is 4.39. The van der Waals surface area contributed by atoms with Gasteiger partial charge in [0.2, 0.25) is 0 Å². The first kappa shape index (κ1) is 25.9. The Balaban J connectivity index is 1.34. The first-order valence-corrected chi connectivity index (χ1v) is 13.8. The summed E-state index contributed by atoms with van der Waals surface area (Å²) in [6.45, 7) is 1.39. The maximum absolute atomic E-state index is 14.6. The van der Waals surface area contributed by atoms with Crippen molar-refractivity contribution in [2.24, 2.45) is 0 Å². The van der Waals surface area contributed by atoms with Gasteiger partial charge in [0.1, 0.15) is 0 Å². The second-order valence-electron chi connectivity index (χ2n) is 9.36. The molecule has 2 aliphatic heterocycles. The Morgan fingerprint density at radius 2 is 2.11 bits per heavy atom. The van der Waals surface area contributed by atoms with Crippen molar-refractivity contribution in [3.63, 3.8) is 0 Å². The zero-order valence-corrected chi connectivity index (χ0v) is 21.8. The molecule has 2 atom stereocenters. The zero-order chi connectivity index (χ0) is 26.2. The Bertz CT molecular complexity index is 1260. The SMILES string of the molecule is CN1CCC(Nc2cccc3c([Se]C(F)(F)F)c(C#CCNC(=O)C4=CN(C5CC5)NC4)nn23)C(F)C1. The number of hydrazine groups is 1. The number of hydrogen-bond acceptors (Lipinski definition) is 6. The Labute approximate surface area is 217 Å². The summed E-state index contributed by atoms with van der Waals surface area (Å²) in [5.41, 5.74) is 4.01. The number of aromatic nitrogens is 2. The van der Waals surface area contributed by atoms with Gasteiger partial charge in [-0.15, -0.1) is 0 Å². The van der Waals surface area contributed by atoms with Gasteiger partial charge in [-0.3, -0.25) is 0 Å². The van der Waals surface area contributed by atoms with Crippen molar-refractivity contribution in [2.45, 2.75) is 42.6 Å². The molecule has 5 rings (SSSR count). The van der Waals surface area contributed by atoms with Crippen LogP contribution in [0, 0.1) is 11.8 Å². The van der Waals surface area contributed by atoms with Crippen molar-refractivity contribution in [2.75, 3.05) is 38.5 Å². The predicted molar refractivity (Wildman–Crippen MR) is 132 cm³/mol. The fourth-order valence-corrected chi connectivity index (χ4v) is 5.82. The van der Waals surface area contributed by atoms with E-state index in [1.807, 2.05) is 17.0 Å². The van der Waals surface area contributed by atoms with Crippen molar-refractivity contribution < 1.29 is 22.4 Å². The number of carbonyl (C=O) groups excluding carboxylic acids is 1. The molecule has 13 heteroatoms. The summed E-state index contributed by atoms with van der Waals surface area (Å²) in [4.78, 5) is 14.3. The summed E-state index contributed by atoms with van der Waals surface area (Å²) in [6, 6.07) is 4.82. The van der Waals surface area contributed by atoms with Crippen LogP contribution in [0.1, 0.15) is 25.0 Å². The van der Waals surface area contributed by atoms with Crippen molar-refractivity contribution in [3.8, 4) is 11.8 Å². The minimum absolute atomic E-state index is 0.00246. The average molecular weight is 584 g/mol. The molecule has 198 valence electrons. The number of hydrogen-bond donors (Lipinski definition) is 3. The van der Waals surface area contributed by atoms with Crippen LogP contribution < -0.4 is 20.5 Å². The molecule has 0 bridgehead atoms. The molecule has 1 saturated carbocycles. The van der Waals surface area contributed by atoms with E-state index in [2.05, 4.69) is 33.0 Å². The number of anilines is 1. The van der Waals surface area contributed by atoms with Gasteiger partial charge in [0.15, 0.2) is 0 Å². The fraction of sp³-hybridized carbons (Fsp3) is 0.500. The molecule has 3 aliphatic rings. The van der Waals surface area contributed by atoms with E-state index in [-0.39, 0.29) is 34.7 Å². The quantitative estimate of drug-likeness (QED) is 0.267. The van der Waals surface area contributed by atoms with E-state index in [0.717, 1.165) is 12.8 Å². The average Bonchev–Trinajstić information content (AvgIpc) is 3.47. The van der Waals surface area contributed by atoms with Crippen LogP contribution in [0.15, 0.2) is 30.0 Å². The van der Waals surface area contributed by atoms with Gasteiger partial charge in [0.05, 0.1) is 0 Å². The third kappa shape index (κ3) is 6.21. The summed E-state index contributed by atoms with van der Waals surface area (Å²) in [6.07, 6.45) is 3.41. The van der Waals surface area contributed by atoms with E-state index in [0.29, 0.717) is 36.9 Å². The molecule has 0 spiro atoms. The van der Waals surface area contributed by atoms with Gasteiger partial charge in [-0.1, -0.05) is 0 Å². The molecule has 2 aromatic rings. The van der Waals surface area contributed by atoms with Gasteiger partial charge >= 0.3 is 218 Å². The summed E-state index contributed by atoms with van der Waals surface area (Å²) >= 11 is -1.89. The van der Waals surface area contributed by atoms with Crippen LogP contribution >= 0.6 is 0 Å². The minimum atomic E-state index is -4.40. The second kappa shape index (κ2) is 10.5. The van der Waals surface area contributed by atoms with Gasteiger partial charge in [-0.25, -0.2) is 0 Å². The van der Waals surface area contributed by atoms with E-state index in [1.54, 1.807) is 24.4 Å². The maximum atomic E-state index is 14.6. The van der Waals surface area contributed by atoms with Crippen LogP contribution in [0.25, 0.3) is 5.52 Å². The number of alkyl halides is 4. The van der Waals surface area contributed by atoms with Gasteiger partial charge < -0.3 is 0 Å². The van der Waals surface area contributed by atoms with Crippen molar-refractivity contribution in [1.82, 2.24) is 30.3 Å². The first-order valence-electron chi connectivity index (χ1n) is 12.0. The molecule has 4 heterocycles. The molecule has 2 fully saturated rings. The third-order valence-electron chi connectivity index (χ3n) is 6.43. The Hall–Kier alpha value is -2.78. The normalized spacial score (nSPS) is 22.5. The number of rotatable bonds is 6. The second-order valence-corrected chi connectivity index (χ2v) is 11.6. The molecule has 0 radical (unpaired) electrons. The van der Waals surface area contributed by atoms with Crippen LogP contribution in [-0.2, 0) is 4.79 Å².